The second-order valence-electron chi connectivity index (χ2n) is 11.0. The summed E-state index contributed by atoms with van der Waals surface area (Å²) in [5.74, 6) is -1.67. The highest BCUT2D eigenvalue weighted by Gasteiger charge is 2.51. The zero-order valence-electron chi connectivity index (χ0n) is 22.4. The number of ether oxygens (including phenoxy) is 1. The van der Waals surface area contributed by atoms with Crippen LogP contribution in [0, 0.1) is 11.3 Å². The van der Waals surface area contributed by atoms with Crippen molar-refractivity contribution in [2.24, 2.45) is 18.4 Å². The summed E-state index contributed by atoms with van der Waals surface area (Å²) in [6, 6.07) is 2.64. The Kier molecular flexibility index (Phi) is 7.73. The van der Waals surface area contributed by atoms with Gasteiger partial charge in [0, 0.05) is 43.7 Å². The van der Waals surface area contributed by atoms with Gasteiger partial charge >= 0.3 is 5.97 Å². The first-order valence-corrected chi connectivity index (χ1v) is 13.8. The molecule has 10 nitrogen and oxygen atoms in total. The number of carboxylic acid groups (broad SMARTS) is 1. The molecule has 13 heteroatoms. The predicted octanol–water partition coefficient (Wildman–Crippen LogP) is 3.92. The van der Waals surface area contributed by atoms with E-state index in [0.29, 0.717) is 68.0 Å². The zero-order chi connectivity index (χ0) is 28.8. The fourth-order valence-corrected chi connectivity index (χ4v) is 6.67. The molecule has 216 valence electrons. The fraction of sp³-hybridized carbons (Fsp3) is 0.593. The van der Waals surface area contributed by atoms with Gasteiger partial charge in [-0.3, -0.25) is 14.4 Å². The van der Waals surface area contributed by atoms with E-state index < -0.39 is 29.8 Å². The van der Waals surface area contributed by atoms with Gasteiger partial charge in [-0.25, -0.2) is 13.5 Å². The quantitative estimate of drug-likeness (QED) is 0.503. The topological polar surface area (TPSA) is 118 Å². The Balaban J connectivity index is 1.53. The molecule has 5 rings (SSSR count). The molecule has 0 radical (unpaired) electrons. The van der Waals surface area contributed by atoms with E-state index in [1.165, 1.54) is 7.05 Å². The van der Waals surface area contributed by atoms with Crippen molar-refractivity contribution in [3.05, 3.63) is 39.7 Å². The summed E-state index contributed by atoms with van der Waals surface area (Å²) in [6.07, 6.45) is 0.207. The molecule has 3 heterocycles. The monoisotopic (exact) mass is 579 g/mol. The van der Waals surface area contributed by atoms with Crippen molar-refractivity contribution >= 4 is 29.4 Å². The molecule has 1 aromatic carbocycles. The summed E-state index contributed by atoms with van der Waals surface area (Å²) in [7, 11) is 1.38. The average molecular weight is 580 g/mol. The number of carbonyl (C=O) groups is 3. The molecule has 3 aliphatic rings. The number of hydrogen-bond acceptors (Lipinski definition) is 6. The second kappa shape index (κ2) is 10.9. The molecule has 2 aromatic rings. The van der Waals surface area contributed by atoms with Crippen molar-refractivity contribution in [2.45, 2.75) is 64.5 Å². The van der Waals surface area contributed by atoms with Gasteiger partial charge in [-0.15, -0.1) is 5.10 Å². The number of carboxylic acids is 1. The van der Waals surface area contributed by atoms with E-state index in [-0.39, 0.29) is 36.4 Å². The highest BCUT2D eigenvalue weighted by molar-refractivity contribution is 6.31. The Morgan fingerprint density at radius 3 is 2.70 bits per heavy atom. The molecule has 1 aromatic heterocycles. The van der Waals surface area contributed by atoms with Gasteiger partial charge in [-0.1, -0.05) is 23.2 Å². The smallest absolute Gasteiger partial charge is 0.310 e. The molecule has 1 saturated carbocycles. The Labute approximate surface area is 235 Å². The summed E-state index contributed by atoms with van der Waals surface area (Å²) in [5, 5.41) is 18.0. The molecule has 3 atom stereocenters. The van der Waals surface area contributed by atoms with E-state index in [9.17, 15) is 28.3 Å². The minimum atomic E-state index is -2.80. The first kappa shape index (κ1) is 28.3. The lowest BCUT2D eigenvalue weighted by molar-refractivity contribution is -0.157. The summed E-state index contributed by atoms with van der Waals surface area (Å²) >= 11 is 6.61. The van der Waals surface area contributed by atoms with Crippen molar-refractivity contribution < 1.29 is 33.0 Å². The van der Waals surface area contributed by atoms with Crippen LogP contribution in [0.5, 0.6) is 5.75 Å². The van der Waals surface area contributed by atoms with E-state index >= 15 is 0 Å². The Morgan fingerprint density at radius 2 is 2.02 bits per heavy atom. The van der Waals surface area contributed by atoms with Crippen LogP contribution in [0.15, 0.2) is 12.1 Å². The van der Waals surface area contributed by atoms with Crippen LogP contribution in [0.1, 0.15) is 74.0 Å². The highest BCUT2D eigenvalue weighted by atomic mass is 35.5. The fourth-order valence-electron chi connectivity index (χ4n) is 6.41. The number of likely N-dealkylation sites (tertiary alicyclic amines) is 1. The van der Waals surface area contributed by atoms with Crippen molar-refractivity contribution in [1.82, 2.24) is 24.8 Å². The van der Waals surface area contributed by atoms with Gasteiger partial charge in [0.2, 0.25) is 11.8 Å². The molecule has 1 aliphatic carbocycles. The van der Waals surface area contributed by atoms with Crippen LogP contribution < -0.4 is 4.74 Å². The Hall–Kier alpha value is -3.28. The molecule has 2 aliphatic heterocycles. The van der Waals surface area contributed by atoms with Gasteiger partial charge in [-0.05, 0) is 50.3 Å². The number of amides is 2. The van der Waals surface area contributed by atoms with Gasteiger partial charge in [0.1, 0.15) is 23.7 Å². The predicted molar refractivity (Wildman–Crippen MR) is 139 cm³/mol. The largest absolute Gasteiger partial charge is 0.487 e. The van der Waals surface area contributed by atoms with Crippen molar-refractivity contribution in [2.75, 3.05) is 19.6 Å². The maximum atomic E-state index is 14.1. The van der Waals surface area contributed by atoms with Gasteiger partial charge < -0.3 is 19.6 Å². The van der Waals surface area contributed by atoms with Crippen molar-refractivity contribution in [3.8, 4) is 5.75 Å². The molecular formula is C27H32ClF2N5O5. The van der Waals surface area contributed by atoms with E-state index in [1.54, 1.807) is 28.9 Å². The lowest BCUT2D eigenvalue weighted by atomic mass is 9.78. The molecule has 2 amide bonds. The highest BCUT2D eigenvalue weighted by Crippen LogP contribution is 2.47. The molecule has 0 spiro atoms. The molecule has 1 N–H and O–H groups in total. The van der Waals surface area contributed by atoms with Crippen LogP contribution in [0.2, 0.25) is 5.02 Å². The third kappa shape index (κ3) is 4.90. The van der Waals surface area contributed by atoms with Crippen LogP contribution in [0.3, 0.4) is 0 Å². The zero-order valence-corrected chi connectivity index (χ0v) is 23.2. The standard InChI is InChI=1S/C27H32ClF2N5O5/c1-27(26(38)39)10-3-5-16(27)25(37)35-12-9-15-17(28)7-8-20(22(15)19(35)13-34-11-4-6-21(34)36)40-14-18-23(24(29)30)33(2)32-31-18/h7-8,16,19,24H,3-6,9-14H2,1-2H3,(H,38,39)/t16-,19+,27-/m0/s1. The molecule has 0 bridgehead atoms. The minimum absolute atomic E-state index is 0.0145. The summed E-state index contributed by atoms with van der Waals surface area (Å²) in [5.41, 5.74) is -0.200. The van der Waals surface area contributed by atoms with Crippen LogP contribution >= 0.6 is 11.6 Å². The molecular weight excluding hydrogens is 548 g/mol. The second-order valence-corrected chi connectivity index (χ2v) is 11.4. The number of aliphatic carboxylic acids is 1. The summed E-state index contributed by atoms with van der Waals surface area (Å²) in [4.78, 5) is 42.3. The molecule has 2 fully saturated rings. The van der Waals surface area contributed by atoms with Gasteiger partial charge in [0.05, 0.1) is 17.4 Å². The van der Waals surface area contributed by atoms with Gasteiger partial charge in [0.15, 0.2) is 0 Å². The van der Waals surface area contributed by atoms with E-state index in [4.69, 9.17) is 16.3 Å². The van der Waals surface area contributed by atoms with E-state index in [1.807, 2.05) is 0 Å². The number of nitrogens with zero attached hydrogens (tertiary/aromatic N) is 5. The van der Waals surface area contributed by atoms with Crippen LogP contribution in [0.25, 0.3) is 0 Å². The number of benzene rings is 1. The average Bonchev–Trinajstić information content (AvgIpc) is 3.62. The Bertz CT molecular complexity index is 1340. The number of aryl methyl sites for hydroxylation is 1. The van der Waals surface area contributed by atoms with Gasteiger partial charge in [-0.2, -0.15) is 0 Å². The van der Waals surface area contributed by atoms with Crippen LogP contribution in [-0.4, -0.2) is 67.3 Å². The third-order valence-electron chi connectivity index (χ3n) is 8.68. The van der Waals surface area contributed by atoms with Crippen LogP contribution in [0.4, 0.5) is 8.78 Å². The minimum Gasteiger partial charge on any atom is -0.487 e. The maximum Gasteiger partial charge on any atom is 0.310 e. The normalized spacial score (nSPS) is 24.6. The van der Waals surface area contributed by atoms with Crippen molar-refractivity contribution in [3.63, 3.8) is 0 Å². The van der Waals surface area contributed by atoms with E-state index in [0.717, 1.165) is 10.2 Å². The number of fused-ring (bicyclic) bond motifs is 1. The van der Waals surface area contributed by atoms with Crippen LogP contribution in [-0.2, 0) is 34.5 Å². The first-order valence-electron chi connectivity index (χ1n) is 13.4. The lowest BCUT2D eigenvalue weighted by Crippen LogP contribution is -2.50. The molecule has 40 heavy (non-hydrogen) atoms. The van der Waals surface area contributed by atoms with Gasteiger partial charge in [0.25, 0.3) is 6.43 Å². The number of carbonyl (C=O) groups excluding carboxylic acids is 2. The first-order chi connectivity index (χ1) is 19.0. The summed E-state index contributed by atoms with van der Waals surface area (Å²) in [6.45, 7) is 2.36. The molecule has 1 saturated heterocycles. The number of halogens is 3. The van der Waals surface area contributed by atoms with E-state index in [2.05, 4.69) is 10.3 Å². The lowest BCUT2D eigenvalue weighted by Gasteiger charge is -2.42. The SMILES string of the molecule is Cn1nnc(COc2ccc(Cl)c3c2[C@@H](CN2CCCC2=O)N(C(=O)[C@@H]2CCC[C@]2(C)C(=O)O)CC3)c1C(F)F. The number of aromatic nitrogens is 3. The Morgan fingerprint density at radius 1 is 1.25 bits per heavy atom. The summed E-state index contributed by atoms with van der Waals surface area (Å²) < 4.78 is 34.3. The van der Waals surface area contributed by atoms with Crippen molar-refractivity contribution in [1.29, 1.82) is 0 Å². The maximum absolute atomic E-state index is 14.1. The number of rotatable bonds is 8. The molecule has 0 unspecified atom stereocenters. The third-order valence-corrected chi connectivity index (χ3v) is 9.03. The number of alkyl halides is 2. The number of hydrogen-bond donors (Lipinski definition) is 1.